The van der Waals surface area contributed by atoms with Crippen LogP contribution in [0.5, 0.6) is 0 Å². The van der Waals surface area contributed by atoms with E-state index in [0.717, 1.165) is 24.9 Å². The molecule has 0 aliphatic carbocycles. The number of benzene rings is 1. The maximum Gasteiger partial charge on any atom is 0.226 e. The molecule has 88 valence electrons. The van der Waals surface area contributed by atoms with Crippen molar-refractivity contribution in [1.82, 2.24) is 0 Å². The first-order valence-corrected chi connectivity index (χ1v) is 5.68. The van der Waals surface area contributed by atoms with Crippen molar-refractivity contribution < 1.29 is 9.90 Å². The topological polar surface area (TPSA) is 40.5 Å². The smallest absolute Gasteiger partial charge is 0.226 e. The van der Waals surface area contributed by atoms with Gasteiger partial charge in [0.25, 0.3) is 0 Å². The Hall–Kier alpha value is -1.35. The second kappa shape index (κ2) is 7.01. The lowest BCUT2D eigenvalue weighted by Crippen LogP contribution is -2.25. The number of hydrogen-bond donors (Lipinski definition) is 1. The van der Waals surface area contributed by atoms with E-state index in [4.69, 9.17) is 5.11 Å². The van der Waals surface area contributed by atoms with E-state index in [1.165, 1.54) is 0 Å². The van der Waals surface area contributed by atoms with Crippen molar-refractivity contribution in [2.24, 2.45) is 0 Å². The van der Waals surface area contributed by atoms with Gasteiger partial charge in [0.2, 0.25) is 5.91 Å². The Morgan fingerprint density at radius 2 is 1.88 bits per heavy atom. The van der Waals surface area contributed by atoms with Crippen LogP contribution in [-0.4, -0.2) is 24.7 Å². The summed E-state index contributed by atoms with van der Waals surface area (Å²) in [6.07, 6.45) is 3.08. The molecule has 0 bridgehead atoms. The van der Waals surface area contributed by atoms with E-state index in [1.807, 2.05) is 30.3 Å². The Bertz CT molecular complexity index is 311. The summed E-state index contributed by atoms with van der Waals surface area (Å²) < 4.78 is 0. The molecule has 0 aromatic heterocycles. The van der Waals surface area contributed by atoms with Crippen molar-refractivity contribution in [3.63, 3.8) is 0 Å². The molecule has 1 rings (SSSR count). The van der Waals surface area contributed by atoms with E-state index in [0.29, 0.717) is 6.42 Å². The number of nitrogens with zero attached hydrogens (tertiary/aromatic N) is 1. The maximum atomic E-state index is 11.8. The Morgan fingerprint density at radius 3 is 2.50 bits per heavy atom. The summed E-state index contributed by atoms with van der Waals surface area (Å²) in [7, 11) is 1.80. The van der Waals surface area contributed by atoms with Gasteiger partial charge in [0, 0.05) is 25.8 Å². The number of aliphatic hydroxyl groups excluding tert-OH is 1. The Labute approximate surface area is 96.7 Å². The van der Waals surface area contributed by atoms with Crippen molar-refractivity contribution in [1.29, 1.82) is 0 Å². The van der Waals surface area contributed by atoms with Crippen LogP contribution in [0.3, 0.4) is 0 Å². The van der Waals surface area contributed by atoms with Crippen LogP contribution in [0.25, 0.3) is 0 Å². The molecule has 0 aliphatic rings. The Balaban J connectivity index is 2.37. The molecule has 0 radical (unpaired) electrons. The summed E-state index contributed by atoms with van der Waals surface area (Å²) in [6, 6.07) is 9.62. The number of para-hydroxylation sites is 1. The fourth-order valence-corrected chi connectivity index (χ4v) is 1.53. The van der Waals surface area contributed by atoms with Crippen molar-refractivity contribution in [3.05, 3.63) is 30.3 Å². The molecule has 1 amide bonds. The van der Waals surface area contributed by atoms with Crippen LogP contribution < -0.4 is 4.90 Å². The number of aliphatic hydroxyl groups is 1. The van der Waals surface area contributed by atoms with E-state index >= 15 is 0 Å². The summed E-state index contributed by atoms with van der Waals surface area (Å²) >= 11 is 0. The van der Waals surface area contributed by atoms with Gasteiger partial charge in [0.15, 0.2) is 0 Å². The number of carbonyl (C=O) groups excluding carboxylic acids is 1. The van der Waals surface area contributed by atoms with Crippen LogP contribution in [-0.2, 0) is 4.79 Å². The molecular weight excluding hydrogens is 202 g/mol. The minimum atomic E-state index is 0.129. The Morgan fingerprint density at radius 1 is 1.19 bits per heavy atom. The summed E-state index contributed by atoms with van der Waals surface area (Å²) in [6.45, 7) is 0.211. The van der Waals surface area contributed by atoms with E-state index < -0.39 is 0 Å². The van der Waals surface area contributed by atoms with Gasteiger partial charge in [-0.25, -0.2) is 0 Å². The molecule has 0 heterocycles. The minimum Gasteiger partial charge on any atom is -0.396 e. The zero-order valence-electron chi connectivity index (χ0n) is 9.72. The predicted molar refractivity (Wildman–Crippen MR) is 65.4 cm³/mol. The number of amides is 1. The molecule has 0 unspecified atom stereocenters. The monoisotopic (exact) mass is 221 g/mol. The molecule has 1 N–H and O–H groups in total. The highest BCUT2D eigenvalue weighted by atomic mass is 16.2. The van der Waals surface area contributed by atoms with Gasteiger partial charge in [0.05, 0.1) is 0 Å². The van der Waals surface area contributed by atoms with Crippen LogP contribution in [0.4, 0.5) is 5.69 Å². The van der Waals surface area contributed by atoms with E-state index in [-0.39, 0.29) is 12.5 Å². The van der Waals surface area contributed by atoms with Gasteiger partial charge in [-0.05, 0) is 25.0 Å². The molecule has 0 saturated carbocycles. The van der Waals surface area contributed by atoms with E-state index in [1.54, 1.807) is 11.9 Å². The molecule has 3 nitrogen and oxygen atoms in total. The molecule has 0 saturated heterocycles. The standard InChI is InChI=1S/C13H19NO2/c1-14(12-8-4-2-5-9-12)13(16)10-6-3-7-11-15/h2,4-5,8-9,15H,3,6-7,10-11H2,1H3. The van der Waals surface area contributed by atoms with Crippen molar-refractivity contribution in [3.8, 4) is 0 Å². The molecule has 0 fully saturated rings. The predicted octanol–water partition coefficient (Wildman–Crippen LogP) is 2.20. The lowest BCUT2D eigenvalue weighted by molar-refractivity contribution is -0.118. The van der Waals surface area contributed by atoms with Crippen LogP contribution in [0.2, 0.25) is 0 Å². The van der Waals surface area contributed by atoms with Gasteiger partial charge in [-0.15, -0.1) is 0 Å². The summed E-state index contributed by atoms with van der Waals surface area (Å²) in [5, 5.41) is 8.62. The highest BCUT2D eigenvalue weighted by molar-refractivity contribution is 5.92. The number of rotatable bonds is 6. The highest BCUT2D eigenvalue weighted by Gasteiger charge is 2.09. The fraction of sp³-hybridized carbons (Fsp3) is 0.462. The van der Waals surface area contributed by atoms with Gasteiger partial charge in [-0.3, -0.25) is 4.79 Å². The molecule has 3 heteroatoms. The van der Waals surface area contributed by atoms with Gasteiger partial charge >= 0.3 is 0 Å². The number of hydrogen-bond acceptors (Lipinski definition) is 2. The first kappa shape index (κ1) is 12.7. The molecule has 1 aromatic carbocycles. The third kappa shape index (κ3) is 4.03. The SMILES string of the molecule is CN(C(=O)CCCCCO)c1ccccc1. The first-order chi connectivity index (χ1) is 7.75. The summed E-state index contributed by atoms with van der Waals surface area (Å²) in [5.41, 5.74) is 0.926. The third-order valence-electron chi connectivity index (χ3n) is 2.57. The molecule has 1 aromatic rings. The van der Waals surface area contributed by atoms with Crippen molar-refractivity contribution in [2.45, 2.75) is 25.7 Å². The fourth-order valence-electron chi connectivity index (χ4n) is 1.53. The van der Waals surface area contributed by atoms with Crippen molar-refractivity contribution in [2.75, 3.05) is 18.6 Å². The average Bonchev–Trinajstić information content (AvgIpc) is 2.34. The highest BCUT2D eigenvalue weighted by Crippen LogP contribution is 2.13. The van der Waals surface area contributed by atoms with Crippen LogP contribution >= 0.6 is 0 Å². The lowest BCUT2D eigenvalue weighted by Gasteiger charge is -2.17. The van der Waals surface area contributed by atoms with Crippen LogP contribution in [0.1, 0.15) is 25.7 Å². The zero-order chi connectivity index (χ0) is 11.8. The van der Waals surface area contributed by atoms with Crippen molar-refractivity contribution >= 4 is 11.6 Å². The first-order valence-electron chi connectivity index (χ1n) is 5.68. The van der Waals surface area contributed by atoms with E-state index in [9.17, 15) is 4.79 Å². The largest absolute Gasteiger partial charge is 0.396 e. The minimum absolute atomic E-state index is 0.129. The third-order valence-corrected chi connectivity index (χ3v) is 2.57. The number of unbranched alkanes of at least 4 members (excludes halogenated alkanes) is 2. The molecular formula is C13H19NO2. The molecule has 0 atom stereocenters. The zero-order valence-corrected chi connectivity index (χ0v) is 9.72. The maximum absolute atomic E-state index is 11.8. The lowest BCUT2D eigenvalue weighted by atomic mass is 10.2. The second-order valence-corrected chi connectivity index (χ2v) is 3.82. The Kier molecular flexibility index (Phi) is 5.57. The van der Waals surface area contributed by atoms with Gasteiger partial charge in [0.1, 0.15) is 0 Å². The van der Waals surface area contributed by atoms with Gasteiger partial charge in [-0.2, -0.15) is 0 Å². The average molecular weight is 221 g/mol. The second-order valence-electron chi connectivity index (χ2n) is 3.82. The molecule has 0 spiro atoms. The normalized spacial score (nSPS) is 10.1. The molecule has 16 heavy (non-hydrogen) atoms. The number of anilines is 1. The summed E-state index contributed by atoms with van der Waals surface area (Å²) in [5.74, 6) is 0.129. The molecule has 0 aliphatic heterocycles. The van der Waals surface area contributed by atoms with Gasteiger partial charge < -0.3 is 10.0 Å². The van der Waals surface area contributed by atoms with E-state index in [2.05, 4.69) is 0 Å². The van der Waals surface area contributed by atoms with Crippen LogP contribution in [0, 0.1) is 0 Å². The van der Waals surface area contributed by atoms with Crippen LogP contribution in [0.15, 0.2) is 30.3 Å². The quantitative estimate of drug-likeness (QED) is 0.748. The summed E-state index contributed by atoms with van der Waals surface area (Å²) in [4.78, 5) is 13.4. The number of carbonyl (C=O) groups is 1. The van der Waals surface area contributed by atoms with Gasteiger partial charge in [-0.1, -0.05) is 24.6 Å².